The van der Waals surface area contributed by atoms with E-state index in [1.165, 1.54) is 25.7 Å². The maximum absolute atomic E-state index is 12.6. The third-order valence-corrected chi connectivity index (χ3v) is 6.33. The topological polar surface area (TPSA) is 110 Å². The van der Waals surface area contributed by atoms with Crippen LogP contribution in [0.5, 0.6) is 0 Å². The zero-order chi connectivity index (χ0) is 26.7. The molecule has 1 aromatic carbocycles. The van der Waals surface area contributed by atoms with E-state index in [0.717, 1.165) is 56.7 Å². The summed E-state index contributed by atoms with van der Waals surface area (Å²) in [5, 5.41) is 0. The summed E-state index contributed by atoms with van der Waals surface area (Å²) in [5.74, 6) is -1.63. The van der Waals surface area contributed by atoms with E-state index in [1.807, 2.05) is 6.08 Å². The first kappa shape index (κ1) is 36.2. The average Bonchev–Trinajstić information content (AvgIpc) is 2.85. The van der Waals surface area contributed by atoms with Gasteiger partial charge in [0.25, 0.3) is 0 Å². The smallest absolute Gasteiger partial charge is 0.744 e. The fourth-order valence-electron chi connectivity index (χ4n) is 3.41. The van der Waals surface area contributed by atoms with Gasteiger partial charge in [0.1, 0.15) is 10.1 Å². The molecule has 0 saturated carbocycles. The third kappa shape index (κ3) is 16.7. The van der Waals surface area contributed by atoms with Crippen molar-refractivity contribution >= 4 is 22.1 Å². The van der Waals surface area contributed by atoms with Gasteiger partial charge in [-0.3, -0.25) is 0 Å². The van der Waals surface area contributed by atoms with Crippen molar-refractivity contribution < 1.29 is 83.4 Å². The zero-order valence-electron chi connectivity index (χ0n) is 22.7. The van der Waals surface area contributed by atoms with Gasteiger partial charge in [0.15, 0.2) is 0 Å². The number of ether oxygens (including phenoxy) is 2. The van der Waals surface area contributed by atoms with Crippen LogP contribution in [0.2, 0.25) is 0 Å². The van der Waals surface area contributed by atoms with Gasteiger partial charge in [-0.15, -0.1) is 0 Å². The molecule has 0 fully saturated rings. The van der Waals surface area contributed by atoms with Crippen LogP contribution < -0.4 is 51.4 Å². The zero-order valence-corrected chi connectivity index (χ0v) is 26.6. The van der Waals surface area contributed by atoms with E-state index >= 15 is 0 Å². The number of carbonyl (C=O) groups is 2. The molecule has 1 aromatic rings. The number of rotatable bonds is 19. The molecule has 0 spiro atoms. The van der Waals surface area contributed by atoms with Crippen LogP contribution in [0.15, 0.2) is 47.4 Å². The van der Waals surface area contributed by atoms with Crippen LogP contribution in [0.3, 0.4) is 0 Å². The average molecular weight is 561 g/mol. The molecule has 0 saturated heterocycles. The fourth-order valence-corrected chi connectivity index (χ4v) is 3.91. The standard InChI is InChI=1S/C28H42O7S.K/c1-3-5-7-9-11-13-15-17-21-34-27(29)25-20-19-24(36(31,32)33)23-26(25)28(30)35-22-18-16-14-12-10-8-6-4-2;/h11-14,19-20,23H,3-10,15-18,21-22H2,1-2H3,(H,31,32,33);/q;+1/p-1/b13-11+,14-12+;. The Morgan fingerprint density at radius 3 is 1.59 bits per heavy atom. The predicted octanol–water partition coefficient (Wildman–Crippen LogP) is 3.74. The van der Waals surface area contributed by atoms with Gasteiger partial charge in [-0.2, -0.15) is 0 Å². The van der Waals surface area contributed by atoms with Crippen LogP contribution in [-0.4, -0.2) is 38.1 Å². The van der Waals surface area contributed by atoms with Gasteiger partial charge < -0.3 is 14.0 Å². The molecule has 0 unspecified atom stereocenters. The second-order valence-corrected chi connectivity index (χ2v) is 10.0. The Morgan fingerprint density at radius 2 is 1.16 bits per heavy atom. The summed E-state index contributed by atoms with van der Waals surface area (Å²) in [6.45, 7) is 4.57. The van der Waals surface area contributed by atoms with Crippen LogP contribution in [0.1, 0.15) is 112 Å². The van der Waals surface area contributed by atoms with Crippen LogP contribution in [-0.2, 0) is 19.6 Å². The van der Waals surface area contributed by atoms with Crippen LogP contribution in [0, 0.1) is 0 Å². The van der Waals surface area contributed by atoms with Crippen LogP contribution in [0.25, 0.3) is 0 Å². The maximum atomic E-state index is 12.6. The Hall–Kier alpha value is -0.814. The van der Waals surface area contributed by atoms with Gasteiger partial charge >= 0.3 is 63.3 Å². The summed E-state index contributed by atoms with van der Waals surface area (Å²) < 4.78 is 44.8. The van der Waals surface area contributed by atoms with Gasteiger partial charge in [0.05, 0.1) is 29.2 Å². The van der Waals surface area contributed by atoms with Crippen molar-refractivity contribution in [3.63, 3.8) is 0 Å². The molecule has 0 amide bonds. The molecule has 7 nitrogen and oxygen atoms in total. The number of allylic oxidation sites excluding steroid dienone is 4. The van der Waals surface area contributed by atoms with E-state index in [-0.39, 0.29) is 75.7 Å². The summed E-state index contributed by atoms with van der Waals surface area (Å²) in [6, 6.07) is 3.00. The molecule has 9 heteroatoms. The van der Waals surface area contributed by atoms with Gasteiger partial charge in [-0.25, -0.2) is 18.0 Å². The van der Waals surface area contributed by atoms with Gasteiger partial charge in [-0.1, -0.05) is 63.8 Å². The summed E-state index contributed by atoms with van der Waals surface area (Å²) in [6.07, 6.45) is 20.1. The van der Waals surface area contributed by atoms with Crippen molar-refractivity contribution in [1.29, 1.82) is 0 Å². The number of hydrogen-bond donors (Lipinski definition) is 0. The number of esters is 2. The molecule has 0 aromatic heterocycles. The van der Waals surface area contributed by atoms with E-state index in [1.54, 1.807) is 0 Å². The van der Waals surface area contributed by atoms with Crippen molar-refractivity contribution in [2.45, 2.75) is 95.8 Å². The molecule has 0 aliphatic heterocycles. The molecule has 0 radical (unpaired) electrons. The summed E-state index contributed by atoms with van der Waals surface area (Å²) in [7, 11) is -4.81. The quantitative estimate of drug-likeness (QED) is 0.0833. The van der Waals surface area contributed by atoms with Gasteiger partial charge in [-0.05, 0) is 69.6 Å². The Kier molecular flexibility index (Phi) is 21.6. The van der Waals surface area contributed by atoms with E-state index in [2.05, 4.69) is 32.1 Å². The minimum atomic E-state index is -4.81. The summed E-state index contributed by atoms with van der Waals surface area (Å²) in [4.78, 5) is 24.6. The van der Waals surface area contributed by atoms with Crippen molar-refractivity contribution in [2.24, 2.45) is 0 Å². The third-order valence-electron chi connectivity index (χ3n) is 5.50. The van der Waals surface area contributed by atoms with Crippen molar-refractivity contribution in [1.82, 2.24) is 0 Å². The Morgan fingerprint density at radius 1 is 0.730 bits per heavy atom. The van der Waals surface area contributed by atoms with Crippen LogP contribution in [0.4, 0.5) is 0 Å². The summed E-state index contributed by atoms with van der Waals surface area (Å²) in [5.41, 5.74) is -0.416. The fraction of sp³-hybridized carbons (Fsp3) is 0.571. The first-order valence-corrected chi connectivity index (χ1v) is 14.5. The number of unbranched alkanes of at least 4 members (excludes halogenated alkanes) is 8. The molecule has 0 heterocycles. The monoisotopic (exact) mass is 560 g/mol. The first-order chi connectivity index (χ1) is 17.3. The second kappa shape index (κ2) is 22.0. The number of hydrogen-bond acceptors (Lipinski definition) is 7. The minimum Gasteiger partial charge on any atom is -0.744 e. The second-order valence-electron chi connectivity index (χ2n) is 8.65. The molecule has 0 N–H and O–H groups in total. The molecular weight excluding hydrogens is 519 g/mol. The Labute approximate surface area is 265 Å². The molecule has 37 heavy (non-hydrogen) atoms. The predicted molar refractivity (Wildman–Crippen MR) is 140 cm³/mol. The molecule has 0 bridgehead atoms. The van der Waals surface area contributed by atoms with E-state index in [0.29, 0.717) is 12.8 Å². The van der Waals surface area contributed by atoms with Gasteiger partial charge in [0.2, 0.25) is 0 Å². The molecular formula is C28H41KO7S. The molecule has 0 aliphatic rings. The SMILES string of the molecule is CCCCC/C=C/CCCOC(=O)c1ccc(S(=O)(=O)[O-])cc1C(=O)OCCC/C=C/CCCCC.[K+]. The molecule has 0 aliphatic carbocycles. The largest absolute Gasteiger partial charge is 1.00 e. The van der Waals surface area contributed by atoms with E-state index in [9.17, 15) is 22.6 Å². The number of carbonyl (C=O) groups excluding carboxylic acids is 2. The molecule has 202 valence electrons. The summed E-state index contributed by atoms with van der Waals surface area (Å²) >= 11 is 0. The molecule has 0 atom stereocenters. The van der Waals surface area contributed by atoms with Crippen molar-refractivity contribution in [2.75, 3.05) is 13.2 Å². The number of benzene rings is 1. The van der Waals surface area contributed by atoms with Crippen molar-refractivity contribution in [3.8, 4) is 0 Å². The molecule has 1 rings (SSSR count). The van der Waals surface area contributed by atoms with Crippen LogP contribution >= 0.6 is 0 Å². The maximum Gasteiger partial charge on any atom is 1.00 e. The van der Waals surface area contributed by atoms with Crippen molar-refractivity contribution in [3.05, 3.63) is 53.6 Å². The van der Waals surface area contributed by atoms with E-state index < -0.39 is 27.0 Å². The first-order valence-electron chi connectivity index (χ1n) is 13.0. The van der Waals surface area contributed by atoms with E-state index in [4.69, 9.17) is 9.47 Å². The Balaban J connectivity index is 0.0000130. The minimum absolute atomic E-state index is 0. The Bertz CT molecular complexity index is 955. The van der Waals surface area contributed by atoms with Gasteiger partial charge in [0, 0.05) is 0 Å². The normalized spacial score (nSPS) is 11.5.